The molecule has 2 aliphatic carbocycles. The number of para-hydroxylation sites is 1. The molecule has 240 valence electrons. The van der Waals surface area contributed by atoms with E-state index in [0.717, 1.165) is 33.3 Å². The number of nitrogens with zero attached hydrogens (tertiary/aromatic N) is 1. The fourth-order valence-corrected chi connectivity index (χ4v) is 8.91. The van der Waals surface area contributed by atoms with Crippen molar-refractivity contribution in [3.05, 3.63) is 174 Å². The van der Waals surface area contributed by atoms with Crippen molar-refractivity contribution >= 4 is 39.0 Å². The van der Waals surface area contributed by atoms with Crippen LogP contribution in [0.3, 0.4) is 0 Å². The Kier molecular flexibility index (Phi) is 6.01. The molecule has 0 saturated heterocycles. The highest BCUT2D eigenvalue weighted by Crippen LogP contribution is 2.55. The number of benzene rings is 7. The van der Waals surface area contributed by atoms with Gasteiger partial charge in [-0.05, 0) is 98.6 Å². The van der Waals surface area contributed by atoms with Crippen molar-refractivity contribution in [1.82, 2.24) is 0 Å². The summed E-state index contributed by atoms with van der Waals surface area (Å²) in [5.74, 6) is 0. The Hall–Kier alpha value is -5.86. The lowest BCUT2D eigenvalue weighted by molar-refractivity contribution is 0.660. The van der Waals surface area contributed by atoms with E-state index in [-0.39, 0.29) is 10.8 Å². The van der Waals surface area contributed by atoms with Crippen molar-refractivity contribution < 1.29 is 4.42 Å². The summed E-state index contributed by atoms with van der Waals surface area (Å²) in [4.78, 5) is 2.49. The van der Waals surface area contributed by atoms with Crippen LogP contribution >= 0.6 is 0 Å². The minimum atomic E-state index is -0.106. The second-order valence-corrected chi connectivity index (χ2v) is 15.0. The molecule has 0 radical (unpaired) electrons. The van der Waals surface area contributed by atoms with E-state index in [1.54, 1.807) is 0 Å². The van der Waals surface area contributed by atoms with Crippen molar-refractivity contribution in [3.8, 4) is 33.4 Å². The molecule has 1 aromatic heterocycles. The molecule has 8 aromatic rings. The largest absolute Gasteiger partial charge is 0.456 e. The molecule has 50 heavy (non-hydrogen) atoms. The van der Waals surface area contributed by atoms with Crippen LogP contribution < -0.4 is 4.90 Å². The standard InChI is InChI=1S/C48H37NO/c1-47(2)40-19-9-6-17-37(40)46-41(47)20-12-21-43(46)49(33-24-25-35-34-15-5-8-18-39(34)48(3,4)42(35)29-33)32-14-11-13-30(27-32)31-23-26-45-38(28-31)36-16-7-10-22-44(36)50-45/h5-29H,1-4H3. The maximum absolute atomic E-state index is 6.18. The molecular formula is C48H37NO. The summed E-state index contributed by atoms with van der Waals surface area (Å²) in [7, 11) is 0. The maximum Gasteiger partial charge on any atom is 0.135 e. The van der Waals surface area contributed by atoms with E-state index < -0.39 is 0 Å². The summed E-state index contributed by atoms with van der Waals surface area (Å²) >= 11 is 0. The van der Waals surface area contributed by atoms with Crippen molar-refractivity contribution in [2.24, 2.45) is 0 Å². The lowest BCUT2D eigenvalue weighted by Crippen LogP contribution is -2.17. The van der Waals surface area contributed by atoms with Crippen LogP contribution in [0.2, 0.25) is 0 Å². The van der Waals surface area contributed by atoms with E-state index in [4.69, 9.17) is 4.42 Å². The highest BCUT2D eigenvalue weighted by molar-refractivity contribution is 6.06. The van der Waals surface area contributed by atoms with Gasteiger partial charge in [0.2, 0.25) is 0 Å². The topological polar surface area (TPSA) is 16.4 Å². The third-order valence-electron chi connectivity index (χ3n) is 11.5. The molecule has 0 atom stereocenters. The molecular weight excluding hydrogens is 607 g/mol. The first-order valence-corrected chi connectivity index (χ1v) is 17.6. The van der Waals surface area contributed by atoms with Crippen LogP contribution in [0.1, 0.15) is 49.9 Å². The predicted molar refractivity (Wildman–Crippen MR) is 209 cm³/mol. The Balaban J connectivity index is 1.20. The van der Waals surface area contributed by atoms with Gasteiger partial charge >= 0.3 is 0 Å². The summed E-state index contributed by atoms with van der Waals surface area (Å²) < 4.78 is 6.18. The van der Waals surface area contributed by atoms with E-state index in [0.29, 0.717) is 0 Å². The number of fused-ring (bicyclic) bond motifs is 9. The average Bonchev–Trinajstić information content (AvgIpc) is 3.72. The van der Waals surface area contributed by atoms with Gasteiger partial charge in [-0.25, -0.2) is 0 Å². The van der Waals surface area contributed by atoms with E-state index in [2.05, 4.69) is 172 Å². The van der Waals surface area contributed by atoms with Crippen molar-refractivity contribution in [3.63, 3.8) is 0 Å². The van der Waals surface area contributed by atoms with Crippen LogP contribution in [-0.4, -0.2) is 0 Å². The fourth-order valence-electron chi connectivity index (χ4n) is 8.91. The molecule has 0 saturated carbocycles. The van der Waals surface area contributed by atoms with Gasteiger partial charge in [0.15, 0.2) is 0 Å². The van der Waals surface area contributed by atoms with Crippen LogP contribution in [0.4, 0.5) is 17.1 Å². The highest BCUT2D eigenvalue weighted by Gasteiger charge is 2.39. The predicted octanol–water partition coefficient (Wildman–Crippen LogP) is 13.3. The molecule has 2 aliphatic rings. The van der Waals surface area contributed by atoms with Gasteiger partial charge in [-0.3, -0.25) is 0 Å². The second-order valence-electron chi connectivity index (χ2n) is 15.0. The maximum atomic E-state index is 6.18. The first-order valence-electron chi connectivity index (χ1n) is 17.6. The molecule has 0 amide bonds. The molecule has 0 bridgehead atoms. The molecule has 2 heteroatoms. The van der Waals surface area contributed by atoms with Crippen molar-refractivity contribution in [2.45, 2.75) is 38.5 Å². The molecule has 0 spiro atoms. The smallest absolute Gasteiger partial charge is 0.135 e. The lowest BCUT2D eigenvalue weighted by atomic mass is 9.82. The molecule has 1 heterocycles. The fraction of sp³-hybridized carbons (Fsp3) is 0.125. The molecule has 0 unspecified atom stereocenters. The monoisotopic (exact) mass is 643 g/mol. The normalized spacial score (nSPS) is 14.7. The summed E-state index contributed by atoms with van der Waals surface area (Å²) in [6, 6.07) is 55.7. The van der Waals surface area contributed by atoms with Gasteiger partial charge in [0.1, 0.15) is 11.2 Å². The molecule has 7 aromatic carbocycles. The highest BCUT2D eigenvalue weighted by atomic mass is 16.3. The van der Waals surface area contributed by atoms with Gasteiger partial charge in [0.05, 0.1) is 5.69 Å². The van der Waals surface area contributed by atoms with Gasteiger partial charge in [-0.15, -0.1) is 0 Å². The molecule has 0 fully saturated rings. The zero-order valence-electron chi connectivity index (χ0n) is 28.8. The first kappa shape index (κ1) is 29.1. The number of hydrogen-bond donors (Lipinski definition) is 0. The minimum Gasteiger partial charge on any atom is -0.456 e. The molecule has 0 N–H and O–H groups in total. The van der Waals surface area contributed by atoms with E-state index in [1.807, 2.05) is 12.1 Å². The number of anilines is 3. The minimum absolute atomic E-state index is 0.0974. The number of rotatable bonds is 4. The van der Waals surface area contributed by atoms with Gasteiger partial charge in [-0.2, -0.15) is 0 Å². The van der Waals surface area contributed by atoms with Crippen LogP contribution in [0.15, 0.2) is 156 Å². The molecule has 0 aliphatic heterocycles. The van der Waals surface area contributed by atoms with Crippen LogP contribution in [0.25, 0.3) is 55.3 Å². The zero-order valence-corrected chi connectivity index (χ0v) is 28.8. The Morgan fingerprint density at radius 1 is 0.420 bits per heavy atom. The van der Waals surface area contributed by atoms with Crippen molar-refractivity contribution in [1.29, 1.82) is 0 Å². The SMILES string of the molecule is CC1(C)c2ccccc2-c2ccc(N(c3cccc(-c4ccc5oc6ccccc6c5c4)c3)c3cccc4c3-c3ccccc3C4(C)C)cc21. The van der Waals surface area contributed by atoms with Crippen LogP contribution in [0.5, 0.6) is 0 Å². The Morgan fingerprint density at radius 2 is 1.04 bits per heavy atom. The molecule has 2 nitrogen and oxygen atoms in total. The Labute approximate surface area is 293 Å². The number of hydrogen-bond acceptors (Lipinski definition) is 2. The van der Waals surface area contributed by atoms with E-state index in [1.165, 1.54) is 61.3 Å². The number of furan rings is 1. The Morgan fingerprint density at radius 3 is 1.90 bits per heavy atom. The van der Waals surface area contributed by atoms with E-state index >= 15 is 0 Å². The van der Waals surface area contributed by atoms with Gasteiger partial charge in [0.25, 0.3) is 0 Å². The van der Waals surface area contributed by atoms with Gasteiger partial charge < -0.3 is 9.32 Å². The summed E-state index contributed by atoms with van der Waals surface area (Å²) in [6.07, 6.45) is 0. The second kappa shape index (κ2) is 10.3. The van der Waals surface area contributed by atoms with Crippen molar-refractivity contribution in [2.75, 3.05) is 4.90 Å². The third-order valence-corrected chi connectivity index (χ3v) is 11.5. The summed E-state index contributed by atoms with van der Waals surface area (Å²) in [5, 5.41) is 2.28. The average molecular weight is 644 g/mol. The van der Waals surface area contributed by atoms with Crippen LogP contribution in [-0.2, 0) is 10.8 Å². The third kappa shape index (κ3) is 4.02. The molecule has 10 rings (SSSR count). The van der Waals surface area contributed by atoms with Gasteiger partial charge in [0, 0.05) is 38.5 Å². The summed E-state index contributed by atoms with van der Waals surface area (Å²) in [5.41, 5.74) is 18.2. The zero-order chi connectivity index (χ0) is 33.8. The summed E-state index contributed by atoms with van der Waals surface area (Å²) in [6.45, 7) is 9.44. The van der Waals surface area contributed by atoms with E-state index in [9.17, 15) is 0 Å². The van der Waals surface area contributed by atoms with Crippen LogP contribution in [0, 0.1) is 0 Å². The first-order chi connectivity index (χ1) is 24.3. The quantitative estimate of drug-likeness (QED) is 0.190. The van der Waals surface area contributed by atoms with Gasteiger partial charge in [-0.1, -0.05) is 131 Å². The lowest BCUT2D eigenvalue weighted by Gasteiger charge is -2.30. The Bertz CT molecular complexity index is 2670.